The van der Waals surface area contributed by atoms with Crippen LogP contribution >= 0.6 is 0 Å². The van der Waals surface area contributed by atoms with Crippen molar-refractivity contribution in [3.05, 3.63) is 23.9 Å². The van der Waals surface area contributed by atoms with Crippen molar-refractivity contribution in [3.8, 4) is 0 Å². The number of carbonyl (C=O) groups is 4. The van der Waals surface area contributed by atoms with E-state index in [1.54, 1.807) is 18.2 Å². The first-order valence-corrected chi connectivity index (χ1v) is 6.35. The van der Waals surface area contributed by atoms with Gasteiger partial charge in [0.1, 0.15) is 6.04 Å². The van der Waals surface area contributed by atoms with Crippen LogP contribution in [0.2, 0.25) is 0 Å². The molecule has 3 unspecified atom stereocenters. The molecule has 0 aromatic carbocycles. The standard InChI is InChI=1S/C13H13N3O4/c14-7-3-1-2-6-10(7)13(20)16(12(6)19)8-4-5-9(17)15-11(8)18/h1-3,6,8,10H,4-5,14H2,(H,15,17,18). The summed E-state index contributed by atoms with van der Waals surface area (Å²) in [6, 6.07) is -0.917. The molecule has 3 N–H and O–H groups in total. The van der Waals surface area contributed by atoms with Gasteiger partial charge in [-0.25, -0.2) is 0 Å². The van der Waals surface area contributed by atoms with Crippen LogP contribution in [-0.2, 0) is 19.2 Å². The van der Waals surface area contributed by atoms with Crippen LogP contribution in [0.1, 0.15) is 12.8 Å². The highest BCUT2D eigenvalue weighted by Crippen LogP contribution is 2.35. The van der Waals surface area contributed by atoms with E-state index >= 15 is 0 Å². The monoisotopic (exact) mass is 275 g/mol. The van der Waals surface area contributed by atoms with Crippen LogP contribution in [0.25, 0.3) is 0 Å². The molecule has 7 nitrogen and oxygen atoms in total. The van der Waals surface area contributed by atoms with E-state index in [4.69, 9.17) is 5.73 Å². The summed E-state index contributed by atoms with van der Waals surface area (Å²) in [5.74, 6) is -3.25. The Bertz CT molecular complexity index is 592. The van der Waals surface area contributed by atoms with E-state index in [1.807, 2.05) is 0 Å². The molecular weight excluding hydrogens is 262 g/mol. The number of nitrogens with zero attached hydrogens (tertiary/aromatic N) is 1. The molecule has 20 heavy (non-hydrogen) atoms. The Kier molecular flexibility index (Phi) is 2.70. The number of carbonyl (C=O) groups excluding carboxylic acids is 4. The Morgan fingerprint density at radius 3 is 2.60 bits per heavy atom. The quantitative estimate of drug-likeness (QED) is 0.584. The second-order valence-electron chi connectivity index (χ2n) is 5.07. The van der Waals surface area contributed by atoms with E-state index in [9.17, 15) is 19.2 Å². The Morgan fingerprint density at radius 2 is 1.95 bits per heavy atom. The Labute approximate surface area is 114 Å². The maximum Gasteiger partial charge on any atom is 0.249 e. The molecule has 3 aliphatic rings. The Morgan fingerprint density at radius 1 is 1.20 bits per heavy atom. The molecule has 0 saturated carbocycles. The van der Waals surface area contributed by atoms with Gasteiger partial charge in [0.15, 0.2) is 0 Å². The van der Waals surface area contributed by atoms with Gasteiger partial charge in [-0.2, -0.15) is 0 Å². The molecule has 2 heterocycles. The smallest absolute Gasteiger partial charge is 0.249 e. The molecule has 0 spiro atoms. The summed E-state index contributed by atoms with van der Waals surface area (Å²) in [4.78, 5) is 48.6. The van der Waals surface area contributed by atoms with E-state index in [0.29, 0.717) is 5.70 Å². The predicted molar refractivity (Wildman–Crippen MR) is 66.4 cm³/mol. The van der Waals surface area contributed by atoms with Crippen molar-refractivity contribution in [2.75, 3.05) is 0 Å². The molecule has 104 valence electrons. The lowest BCUT2D eigenvalue weighted by molar-refractivity contribution is -0.151. The highest BCUT2D eigenvalue weighted by Gasteiger charge is 2.52. The highest BCUT2D eigenvalue weighted by atomic mass is 16.2. The summed E-state index contributed by atoms with van der Waals surface area (Å²) in [5, 5.41) is 2.15. The first kappa shape index (κ1) is 12.6. The summed E-state index contributed by atoms with van der Waals surface area (Å²) in [5.41, 5.74) is 6.10. The van der Waals surface area contributed by atoms with Gasteiger partial charge in [0.05, 0.1) is 11.8 Å². The number of hydrogen-bond acceptors (Lipinski definition) is 5. The SMILES string of the molecule is NC1=CC=CC2C(=O)N(C3CCC(=O)NC3=O)C(=O)C12. The largest absolute Gasteiger partial charge is 0.401 e. The average Bonchev–Trinajstić information content (AvgIpc) is 2.64. The fourth-order valence-corrected chi connectivity index (χ4v) is 2.88. The second kappa shape index (κ2) is 4.29. The zero-order chi connectivity index (χ0) is 14.4. The number of hydrogen-bond donors (Lipinski definition) is 2. The zero-order valence-corrected chi connectivity index (χ0v) is 10.5. The molecule has 3 atom stereocenters. The van der Waals surface area contributed by atoms with Crippen molar-refractivity contribution in [1.82, 2.24) is 10.2 Å². The number of imide groups is 2. The van der Waals surface area contributed by atoms with Crippen LogP contribution in [0.4, 0.5) is 0 Å². The number of nitrogens with two attached hydrogens (primary N) is 1. The van der Waals surface area contributed by atoms with Crippen molar-refractivity contribution >= 4 is 23.6 Å². The van der Waals surface area contributed by atoms with Gasteiger partial charge >= 0.3 is 0 Å². The molecular formula is C13H13N3O4. The lowest BCUT2D eigenvalue weighted by Crippen LogP contribution is -2.54. The van der Waals surface area contributed by atoms with Crippen molar-refractivity contribution in [1.29, 1.82) is 0 Å². The van der Waals surface area contributed by atoms with E-state index in [2.05, 4.69) is 5.32 Å². The minimum absolute atomic E-state index is 0.115. The van der Waals surface area contributed by atoms with Crippen molar-refractivity contribution < 1.29 is 19.2 Å². The summed E-state index contributed by atoms with van der Waals surface area (Å²) >= 11 is 0. The second-order valence-corrected chi connectivity index (χ2v) is 5.07. The first-order chi connectivity index (χ1) is 9.50. The molecule has 0 radical (unpaired) electrons. The molecule has 2 fully saturated rings. The fourth-order valence-electron chi connectivity index (χ4n) is 2.88. The molecule has 0 bridgehead atoms. The van der Waals surface area contributed by atoms with Crippen LogP contribution in [0, 0.1) is 11.8 Å². The lowest BCUT2D eigenvalue weighted by Gasteiger charge is -2.28. The van der Waals surface area contributed by atoms with Crippen LogP contribution in [0.3, 0.4) is 0 Å². The predicted octanol–water partition coefficient (Wildman–Crippen LogP) is -1.19. The van der Waals surface area contributed by atoms with Crippen LogP contribution in [-0.4, -0.2) is 34.6 Å². The third-order valence-corrected chi connectivity index (χ3v) is 3.87. The van der Waals surface area contributed by atoms with Crippen LogP contribution < -0.4 is 11.1 Å². The van der Waals surface area contributed by atoms with E-state index in [0.717, 1.165) is 4.90 Å². The molecule has 3 rings (SSSR count). The van der Waals surface area contributed by atoms with Crippen molar-refractivity contribution in [2.45, 2.75) is 18.9 Å². The zero-order valence-electron chi connectivity index (χ0n) is 10.5. The molecule has 0 aromatic heterocycles. The molecule has 2 saturated heterocycles. The Balaban J connectivity index is 1.92. The van der Waals surface area contributed by atoms with Gasteiger partial charge < -0.3 is 5.73 Å². The number of fused-ring (bicyclic) bond motifs is 1. The maximum atomic E-state index is 12.4. The van der Waals surface area contributed by atoms with E-state index in [-0.39, 0.29) is 18.7 Å². The normalized spacial score (nSPS) is 33.1. The minimum Gasteiger partial charge on any atom is -0.401 e. The van der Waals surface area contributed by atoms with Gasteiger partial charge in [-0.15, -0.1) is 0 Å². The van der Waals surface area contributed by atoms with Crippen LogP contribution in [0.15, 0.2) is 23.9 Å². The van der Waals surface area contributed by atoms with Crippen molar-refractivity contribution in [2.24, 2.45) is 17.6 Å². The summed E-state index contributed by atoms with van der Waals surface area (Å²) in [6.07, 6.45) is 5.11. The minimum atomic E-state index is -0.917. The van der Waals surface area contributed by atoms with Gasteiger partial charge in [-0.3, -0.25) is 29.4 Å². The van der Waals surface area contributed by atoms with E-state index in [1.165, 1.54) is 0 Å². The highest BCUT2D eigenvalue weighted by molar-refractivity contribution is 6.12. The number of piperidine rings is 1. The molecule has 1 aliphatic carbocycles. The topological polar surface area (TPSA) is 110 Å². The number of rotatable bonds is 1. The maximum absolute atomic E-state index is 12.4. The molecule has 4 amide bonds. The number of amides is 4. The van der Waals surface area contributed by atoms with Gasteiger partial charge in [-0.1, -0.05) is 12.2 Å². The number of allylic oxidation sites excluding steroid dienone is 2. The number of nitrogens with one attached hydrogen (secondary N) is 1. The van der Waals surface area contributed by atoms with Gasteiger partial charge in [-0.05, 0) is 12.5 Å². The first-order valence-electron chi connectivity index (χ1n) is 6.35. The average molecular weight is 275 g/mol. The summed E-state index contributed by atoms with van der Waals surface area (Å²) < 4.78 is 0. The van der Waals surface area contributed by atoms with Gasteiger partial charge in [0.25, 0.3) is 0 Å². The third kappa shape index (κ3) is 1.66. The van der Waals surface area contributed by atoms with Gasteiger partial charge in [0, 0.05) is 12.1 Å². The Hall–Kier alpha value is -2.44. The summed E-state index contributed by atoms with van der Waals surface area (Å²) in [7, 11) is 0. The third-order valence-electron chi connectivity index (χ3n) is 3.87. The van der Waals surface area contributed by atoms with Crippen LogP contribution in [0.5, 0.6) is 0 Å². The molecule has 7 heteroatoms. The molecule has 0 aromatic rings. The van der Waals surface area contributed by atoms with Gasteiger partial charge in [0.2, 0.25) is 23.6 Å². The van der Waals surface area contributed by atoms with E-state index < -0.39 is 35.6 Å². The van der Waals surface area contributed by atoms with Crippen molar-refractivity contribution in [3.63, 3.8) is 0 Å². The lowest BCUT2D eigenvalue weighted by atomic mass is 9.88. The molecule has 2 aliphatic heterocycles. The fraction of sp³-hybridized carbons (Fsp3) is 0.385. The summed E-state index contributed by atoms with van der Waals surface area (Å²) in [6.45, 7) is 0. The number of likely N-dealkylation sites (tertiary alicyclic amines) is 1.